The Morgan fingerprint density at radius 2 is 1.68 bits per heavy atom. The van der Waals surface area contributed by atoms with Crippen LogP contribution in [0.1, 0.15) is 38.2 Å². The molecule has 1 saturated heterocycles. The summed E-state index contributed by atoms with van der Waals surface area (Å²) >= 11 is 0. The van der Waals surface area contributed by atoms with Gasteiger partial charge in [0.15, 0.2) is 5.69 Å². The molecule has 0 aliphatic carbocycles. The van der Waals surface area contributed by atoms with E-state index in [1.165, 1.54) is 0 Å². The molecular formula is C25H24N6O3. The van der Waals surface area contributed by atoms with E-state index in [2.05, 4.69) is 15.3 Å². The maximum absolute atomic E-state index is 13.2. The molecule has 0 spiro atoms. The van der Waals surface area contributed by atoms with E-state index >= 15 is 0 Å². The van der Waals surface area contributed by atoms with E-state index in [1.807, 2.05) is 60.8 Å². The second-order valence-electron chi connectivity index (χ2n) is 8.61. The molecule has 6 rings (SSSR count). The van der Waals surface area contributed by atoms with Crippen molar-refractivity contribution in [3.05, 3.63) is 83.3 Å². The molecule has 34 heavy (non-hydrogen) atoms. The zero-order valence-electron chi connectivity index (χ0n) is 18.6. The number of aromatic nitrogens is 4. The van der Waals surface area contributed by atoms with Crippen LogP contribution in [0.25, 0.3) is 10.9 Å². The highest BCUT2D eigenvalue weighted by molar-refractivity contribution is 6.06. The smallest absolute Gasteiger partial charge is 0.276 e. The summed E-state index contributed by atoms with van der Waals surface area (Å²) < 4.78 is 7.80. The minimum atomic E-state index is -0.164. The Labute approximate surface area is 195 Å². The lowest BCUT2D eigenvalue weighted by atomic mass is 10.1. The quantitative estimate of drug-likeness (QED) is 0.511. The van der Waals surface area contributed by atoms with Crippen LogP contribution in [0.5, 0.6) is 0 Å². The van der Waals surface area contributed by atoms with E-state index in [9.17, 15) is 9.59 Å². The third-order valence-corrected chi connectivity index (χ3v) is 6.65. The molecule has 0 radical (unpaired) electrons. The highest BCUT2D eigenvalue weighted by Crippen LogP contribution is 2.27. The number of fused-ring (bicyclic) bond motifs is 2. The maximum atomic E-state index is 13.2. The number of benzene rings is 2. The topological polar surface area (TPSA) is 96.3 Å². The number of hydrogen-bond donors (Lipinski definition) is 1. The monoisotopic (exact) mass is 456 g/mol. The number of rotatable bonds is 3. The SMILES string of the molecule is O=C(c1nnn2c1CO[C@@H](c1ccccc1)C2)N1CCN(C(=O)c2cccc3[nH]ccc23)CC1. The van der Waals surface area contributed by atoms with Crippen LogP contribution >= 0.6 is 0 Å². The van der Waals surface area contributed by atoms with Gasteiger partial charge in [-0.2, -0.15) is 0 Å². The molecule has 172 valence electrons. The van der Waals surface area contributed by atoms with Gasteiger partial charge in [0.25, 0.3) is 11.8 Å². The average molecular weight is 457 g/mol. The fourth-order valence-corrected chi connectivity index (χ4v) is 4.75. The van der Waals surface area contributed by atoms with Gasteiger partial charge in [0.05, 0.1) is 18.8 Å². The number of aromatic amines is 1. The molecular weight excluding hydrogens is 432 g/mol. The Balaban J connectivity index is 1.12. The van der Waals surface area contributed by atoms with E-state index in [0.717, 1.165) is 16.5 Å². The van der Waals surface area contributed by atoms with E-state index in [4.69, 9.17) is 4.74 Å². The van der Waals surface area contributed by atoms with E-state index in [1.54, 1.807) is 14.5 Å². The lowest BCUT2D eigenvalue weighted by Gasteiger charge is -2.34. The van der Waals surface area contributed by atoms with Crippen molar-refractivity contribution in [2.24, 2.45) is 0 Å². The summed E-state index contributed by atoms with van der Waals surface area (Å²) in [6, 6.07) is 17.6. The van der Waals surface area contributed by atoms with Crippen LogP contribution in [0.15, 0.2) is 60.8 Å². The van der Waals surface area contributed by atoms with Crippen LogP contribution in [-0.2, 0) is 17.9 Å². The summed E-state index contributed by atoms with van der Waals surface area (Å²) in [7, 11) is 0. The van der Waals surface area contributed by atoms with Crippen molar-refractivity contribution in [3.63, 3.8) is 0 Å². The van der Waals surface area contributed by atoms with Crippen molar-refractivity contribution in [2.75, 3.05) is 26.2 Å². The Kier molecular flexibility index (Phi) is 5.10. The van der Waals surface area contributed by atoms with Crippen LogP contribution in [0, 0.1) is 0 Å². The number of carbonyl (C=O) groups excluding carboxylic acids is 2. The number of amides is 2. The van der Waals surface area contributed by atoms with Crippen LogP contribution in [-0.4, -0.2) is 67.8 Å². The second kappa shape index (κ2) is 8.42. The van der Waals surface area contributed by atoms with Crippen molar-refractivity contribution in [1.29, 1.82) is 0 Å². The summed E-state index contributed by atoms with van der Waals surface area (Å²) in [6.45, 7) is 2.66. The van der Waals surface area contributed by atoms with Gasteiger partial charge in [-0.15, -0.1) is 5.10 Å². The lowest BCUT2D eigenvalue weighted by Crippen LogP contribution is -2.50. The standard InChI is InChI=1S/C25H24N6O3/c32-24(19-7-4-8-20-18(19)9-10-26-20)29-11-13-30(14-12-29)25(33)23-21-16-34-22(15-31(21)28-27-23)17-5-2-1-3-6-17/h1-10,22,26H,11-16H2/t22-/m1/s1. The zero-order valence-corrected chi connectivity index (χ0v) is 18.6. The van der Waals surface area contributed by atoms with E-state index in [-0.39, 0.29) is 24.5 Å². The van der Waals surface area contributed by atoms with Gasteiger partial charge in [-0.25, -0.2) is 4.68 Å². The van der Waals surface area contributed by atoms with Gasteiger partial charge < -0.3 is 19.5 Å². The van der Waals surface area contributed by atoms with Gasteiger partial charge in [-0.05, 0) is 23.8 Å². The molecule has 1 fully saturated rings. The highest BCUT2D eigenvalue weighted by Gasteiger charge is 2.32. The summed E-state index contributed by atoms with van der Waals surface area (Å²) in [4.78, 5) is 33.0. The molecule has 0 unspecified atom stereocenters. The first-order chi connectivity index (χ1) is 16.7. The van der Waals surface area contributed by atoms with Crippen molar-refractivity contribution in [1.82, 2.24) is 29.8 Å². The molecule has 2 amide bonds. The third kappa shape index (κ3) is 3.54. The maximum Gasteiger partial charge on any atom is 0.276 e. The Morgan fingerprint density at radius 1 is 0.912 bits per heavy atom. The Morgan fingerprint density at radius 3 is 2.47 bits per heavy atom. The molecule has 2 aliphatic heterocycles. The van der Waals surface area contributed by atoms with E-state index < -0.39 is 0 Å². The molecule has 2 aromatic heterocycles. The second-order valence-corrected chi connectivity index (χ2v) is 8.61. The molecule has 2 aliphatic rings. The van der Waals surface area contributed by atoms with Gasteiger partial charge in [-0.3, -0.25) is 9.59 Å². The minimum Gasteiger partial charge on any atom is -0.365 e. The van der Waals surface area contributed by atoms with Crippen LogP contribution < -0.4 is 0 Å². The predicted octanol–water partition coefficient (Wildman–Crippen LogP) is 2.63. The van der Waals surface area contributed by atoms with Gasteiger partial charge in [0.1, 0.15) is 6.10 Å². The molecule has 9 heteroatoms. The van der Waals surface area contributed by atoms with Crippen LogP contribution in [0.2, 0.25) is 0 Å². The van der Waals surface area contributed by atoms with Gasteiger partial charge >= 0.3 is 0 Å². The molecule has 4 aromatic rings. The fourth-order valence-electron chi connectivity index (χ4n) is 4.75. The number of H-pyrrole nitrogens is 1. The molecule has 1 N–H and O–H groups in total. The number of carbonyl (C=O) groups is 2. The number of nitrogens with one attached hydrogen (secondary N) is 1. The first-order valence-corrected chi connectivity index (χ1v) is 11.4. The molecule has 4 heterocycles. The zero-order chi connectivity index (χ0) is 23.1. The number of ether oxygens (including phenoxy) is 1. The average Bonchev–Trinajstić information content (AvgIpc) is 3.55. The fraction of sp³-hybridized carbons (Fsp3) is 0.280. The molecule has 0 saturated carbocycles. The highest BCUT2D eigenvalue weighted by atomic mass is 16.5. The Hall–Kier alpha value is -3.98. The first kappa shape index (κ1) is 20.6. The summed E-state index contributed by atoms with van der Waals surface area (Å²) in [5, 5.41) is 9.33. The summed E-state index contributed by atoms with van der Waals surface area (Å²) in [5.74, 6) is -0.179. The molecule has 1 atom stereocenters. The molecule has 9 nitrogen and oxygen atoms in total. The van der Waals surface area contributed by atoms with E-state index in [0.29, 0.717) is 49.7 Å². The predicted molar refractivity (Wildman–Crippen MR) is 124 cm³/mol. The van der Waals surface area contributed by atoms with Gasteiger partial charge in [-0.1, -0.05) is 41.6 Å². The van der Waals surface area contributed by atoms with Gasteiger partial charge in [0.2, 0.25) is 0 Å². The van der Waals surface area contributed by atoms with Crippen LogP contribution in [0.4, 0.5) is 0 Å². The molecule has 0 bridgehead atoms. The number of hydrogen-bond acceptors (Lipinski definition) is 5. The normalized spacial score (nSPS) is 18.2. The largest absolute Gasteiger partial charge is 0.365 e. The number of piperazine rings is 1. The Bertz CT molecular complexity index is 1350. The lowest BCUT2D eigenvalue weighted by molar-refractivity contribution is -0.00202. The van der Waals surface area contributed by atoms with Crippen molar-refractivity contribution >= 4 is 22.7 Å². The van der Waals surface area contributed by atoms with Gasteiger partial charge in [0, 0.05) is 48.8 Å². The van der Waals surface area contributed by atoms with Crippen LogP contribution in [0.3, 0.4) is 0 Å². The van der Waals surface area contributed by atoms with Crippen molar-refractivity contribution < 1.29 is 14.3 Å². The van der Waals surface area contributed by atoms with Crippen molar-refractivity contribution in [3.8, 4) is 0 Å². The summed E-state index contributed by atoms with van der Waals surface area (Å²) in [5.41, 5.74) is 3.73. The first-order valence-electron chi connectivity index (χ1n) is 11.4. The van der Waals surface area contributed by atoms with Crippen molar-refractivity contribution in [2.45, 2.75) is 19.3 Å². The third-order valence-electron chi connectivity index (χ3n) is 6.65. The summed E-state index contributed by atoms with van der Waals surface area (Å²) in [6.07, 6.45) is 1.72. The minimum absolute atomic E-state index is 0.0151. The molecule has 2 aromatic carbocycles. The number of nitrogens with zero attached hydrogens (tertiary/aromatic N) is 5.